The van der Waals surface area contributed by atoms with Gasteiger partial charge in [0.25, 0.3) is 0 Å². The van der Waals surface area contributed by atoms with Crippen LogP contribution in [0.5, 0.6) is 0 Å². The van der Waals surface area contributed by atoms with E-state index in [9.17, 15) is 9.90 Å². The summed E-state index contributed by atoms with van der Waals surface area (Å²) >= 11 is 0. The molecular formula is C12H19N3O2. The second-order valence-electron chi connectivity index (χ2n) is 3.86. The van der Waals surface area contributed by atoms with Crippen LogP contribution in [0.4, 0.5) is 0 Å². The van der Waals surface area contributed by atoms with Crippen molar-refractivity contribution in [2.24, 2.45) is 11.5 Å². The lowest BCUT2D eigenvalue weighted by molar-refractivity contribution is -0.143. The molecule has 0 saturated carbocycles. The summed E-state index contributed by atoms with van der Waals surface area (Å²) in [5, 5.41) is 9.26. The Morgan fingerprint density at radius 2 is 2.18 bits per heavy atom. The van der Waals surface area contributed by atoms with Gasteiger partial charge in [-0.05, 0) is 19.0 Å². The van der Waals surface area contributed by atoms with Gasteiger partial charge in [0.15, 0.2) is 0 Å². The molecule has 0 aromatic heterocycles. The SMILES string of the molecule is [2H]CN(C(N)CN)[C@@H](Cc1ccccc1)C(=O)O. The van der Waals surface area contributed by atoms with Crippen LogP contribution in [0, 0.1) is 0 Å². The smallest absolute Gasteiger partial charge is 0.321 e. The van der Waals surface area contributed by atoms with Crippen LogP contribution in [0.2, 0.25) is 0 Å². The van der Waals surface area contributed by atoms with E-state index in [1.807, 2.05) is 30.3 Å². The number of hydrogen-bond acceptors (Lipinski definition) is 4. The van der Waals surface area contributed by atoms with Gasteiger partial charge in [0, 0.05) is 7.92 Å². The van der Waals surface area contributed by atoms with E-state index in [0.717, 1.165) is 5.56 Å². The number of nitrogens with two attached hydrogens (primary N) is 2. The third-order valence-corrected chi connectivity index (χ3v) is 2.62. The number of benzene rings is 1. The molecule has 17 heavy (non-hydrogen) atoms. The van der Waals surface area contributed by atoms with E-state index in [2.05, 4.69) is 0 Å². The van der Waals surface area contributed by atoms with Crippen molar-refractivity contribution in [3.8, 4) is 0 Å². The minimum atomic E-state index is -0.991. The van der Waals surface area contributed by atoms with Gasteiger partial charge in [-0.1, -0.05) is 30.3 Å². The Morgan fingerprint density at radius 1 is 1.53 bits per heavy atom. The fourth-order valence-electron chi connectivity index (χ4n) is 1.55. The lowest BCUT2D eigenvalue weighted by Crippen LogP contribution is -2.53. The highest BCUT2D eigenvalue weighted by molar-refractivity contribution is 5.74. The molecule has 0 saturated heterocycles. The van der Waals surface area contributed by atoms with E-state index in [1.54, 1.807) is 0 Å². The van der Waals surface area contributed by atoms with Gasteiger partial charge in [0.1, 0.15) is 6.04 Å². The highest BCUT2D eigenvalue weighted by Crippen LogP contribution is 2.09. The maximum Gasteiger partial charge on any atom is 0.321 e. The number of likely N-dealkylation sites (N-methyl/N-ethyl adjacent to an activating group) is 1. The van der Waals surface area contributed by atoms with E-state index in [-0.39, 0.29) is 13.6 Å². The average Bonchev–Trinajstić information content (AvgIpc) is 2.39. The van der Waals surface area contributed by atoms with Crippen LogP contribution in [0.1, 0.15) is 6.93 Å². The summed E-state index contributed by atoms with van der Waals surface area (Å²) in [6.07, 6.45) is -0.310. The van der Waals surface area contributed by atoms with Gasteiger partial charge in [-0.25, -0.2) is 0 Å². The largest absolute Gasteiger partial charge is 0.480 e. The molecule has 0 heterocycles. The van der Waals surface area contributed by atoms with Crippen molar-refractivity contribution in [2.45, 2.75) is 18.6 Å². The summed E-state index contributed by atoms with van der Waals surface area (Å²) in [7, 11) is -0.192. The normalized spacial score (nSPS) is 15.4. The van der Waals surface area contributed by atoms with Crippen molar-refractivity contribution in [3.05, 3.63) is 35.9 Å². The minimum absolute atomic E-state index is 0.122. The fourth-order valence-corrected chi connectivity index (χ4v) is 1.55. The Hall–Kier alpha value is -1.43. The summed E-state index contributed by atoms with van der Waals surface area (Å²) in [5.74, 6) is -0.991. The molecule has 0 radical (unpaired) electrons. The van der Waals surface area contributed by atoms with E-state index in [0.29, 0.717) is 6.42 Å². The molecule has 0 aliphatic carbocycles. The van der Waals surface area contributed by atoms with Gasteiger partial charge >= 0.3 is 5.97 Å². The minimum Gasteiger partial charge on any atom is -0.480 e. The molecule has 0 spiro atoms. The standard InChI is InChI=1S/C12H19N3O2/c1-15(11(14)8-13)10(12(16)17)7-9-5-3-2-4-6-9/h2-6,10-11H,7-8,13-14H2,1H3,(H,16,17)/t10-,11?/m0/s1/i1D. The van der Waals surface area contributed by atoms with Crippen molar-refractivity contribution in [3.63, 3.8) is 0 Å². The van der Waals surface area contributed by atoms with E-state index < -0.39 is 18.2 Å². The number of rotatable bonds is 6. The summed E-state index contributed by atoms with van der Waals surface area (Å²) in [6.45, 7) is 0.122. The van der Waals surface area contributed by atoms with E-state index in [4.69, 9.17) is 12.8 Å². The van der Waals surface area contributed by atoms with Crippen molar-refractivity contribution < 1.29 is 11.3 Å². The summed E-state index contributed by atoms with van der Waals surface area (Å²) in [5.41, 5.74) is 12.1. The predicted octanol–water partition coefficient (Wildman–Crippen LogP) is -0.142. The molecule has 5 nitrogen and oxygen atoms in total. The molecule has 0 aliphatic rings. The lowest BCUT2D eigenvalue weighted by atomic mass is 10.0. The first-order chi connectivity index (χ1) is 8.60. The van der Waals surface area contributed by atoms with Crippen molar-refractivity contribution in [2.75, 3.05) is 13.6 Å². The second kappa shape index (κ2) is 6.34. The lowest BCUT2D eigenvalue weighted by Gasteiger charge is -2.29. The van der Waals surface area contributed by atoms with Crippen molar-refractivity contribution >= 4 is 5.97 Å². The Morgan fingerprint density at radius 3 is 2.65 bits per heavy atom. The van der Waals surface area contributed by atoms with E-state index >= 15 is 0 Å². The van der Waals surface area contributed by atoms with Gasteiger partial charge in [0.05, 0.1) is 6.17 Å². The Labute approximate surface area is 102 Å². The van der Waals surface area contributed by atoms with Crippen LogP contribution >= 0.6 is 0 Å². The number of aliphatic carboxylic acids is 1. The molecular weight excluding hydrogens is 218 g/mol. The van der Waals surface area contributed by atoms with E-state index in [1.165, 1.54) is 4.90 Å². The molecule has 0 aliphatic heterocycles. The molecule has 5 N–H and O–H groups in total. The van der Waals surface area contributed by atoms with Gasteiger partial charge in [-0.15, -0.1) is 0 Å². The van der Waals surface area contributed by atoms with Gasteiger partial charge < -0.3 is 16.6 Å². The zero-order valence-electron chi connectivity index (χ0n) is 10.6. The number of carbonyl (C=O) groups is 1. The molecule has 1 rings (SSSR count). The van der Waals surface area contributed by atoms with Crippen LogP contribution < -0.4 is 11.5 Å². The molecule has 1 aromatic carbocycles. The first-order valence-electron chi connectivity index (χ1n) is 6.08. The Kier molecular flexibility index (Phi) is 4.49. The third kappa shape index (κ3) is 3.81. The monoisotopic (exact) mass is 238 g/mol. The Bertz CT molecular complexity index is 375. The molecule has 1 aromatic rings. The van der Waals surface area contributed by atoms with Crippen LogP contribution in [-0.4, -0.2) is 41.8 Å². The zero-order chi connectivity index (χ0) is 13.5. The number of carboxylic acids is 1. The van der Waals surface area contributed by atoms with Crippen molar-refractivity contribution in [1.29, 1.82) is 0 Å². The molecule has 0 bridgehead atoms. The maximum absolute atomic E-state index is 11.3. The predicted molar refractivity (Wildman–Crippen MR) is 66.4 cm³/mol. The number of carboxylic acid groups (broad SMARTS) is 1. The molecule has 94 valence electrons. The number of hydrogen-bond donors (Lipinski definition) is 3. The summed E-state index contributed by atoms with van der Waals surface area (Å²) in [6, 6.07) is 8.44. The zero-order valence-corrected chi connectivity index (χ0v) is 9.62. The van der Waals surface area contributed by atoms with Crippen LogP contribution in [-0.2, 0) is 11.2 Å². The Balaban J connectivity index is 2.85. The topological polar surface area (TPSA) is 92.6 Å². The van der Waals surface area contributed by atoms with Gasteiger partial charge in [-0.2, -0.15) is 0 Å². The van der Waals surface area contributed by atoms with Crippen molar-refractivity contribution in [1.82, 2.24) is 4.90 Å². The van der Waals surface area contributed by atoms with Crippen LogP contribution in [0.15, 0.2) is 30.3 Å². The maximum atomic E-state index is 11.3. The number of nitrogens with zero attached hydrogens (tertiary/aromatic N) is 1. The van der Waals surface area contributed by atoms with Gasteiger partial charge in [0.2, 0.25) is 0 Å². The van der Waals surface area contributed by atoms with Crippen LogP contribution in [0.25, 0.3) is 0 Å². The average molecular weight is 238 g/mol. The first-order valence-corrected chi connectivity index (χ1v) is 5.37. The van der Waals surface area contributed by atoms with Gasteiger partial charge in [-0.3, -0.25) is 9.69 Å². The van der Waals surface area contributed by atoms with Crippen LogP contribution in [0.3, 0.4) is 0 Å². The highest BCUT2D eigenvalue weighted by Gasteiger charge is 2.26. The molecule has 0 fully saturated rings. The molecule has 5 heteroatoms. The quantitative estimate of drug-likeness (QED) is 0.600. The summed E-state index contributed by atoms with van der Waals surface area (Å²) < 4.78 is 7.41. The molecule has 0 amide bonds. The highest BCUT2D eigenvalue weighted by atomic mass is 16.4. The first kappa shape index (κ1) is 12.0. The fraction of sp³-hybridized carbons (Fsp3) is 0.417. The third-order valence-electron chi connectivity index (χ3n) is 2.62. The molecule has 2 atom stereocenters. The molecule has 1 unspecified atom stereocenters. The second-order valence-corrected chi connectivity index (χ2v) is 3.86. The summed E-state index contributed by atoms with van der Waals surface area (Å²) in [4.78, 5) is 12.7.